The highest BCUT2D eigenvalue weighted by Gasteiger charge is 2.27. The fourth-order valence-corrected chi connectivity index (χ4v) is 0.806. The van der Waals surface area contributed by atoms with Crippen molar-refractivity contribution in [3.05, 3.63) is 11.9 Å². The summed E-state index contributed by atoms with van der Waals surface area (Å²) in [6.07, 6.45) is 1.76. The smallest absolute Gasteiger partial charge is 0.123 e. The van der Waals surface area contributed by atoms with E-state index in [0.717, 1.165) is 0 Å². The topological polar surface area (TPSA) is 67.3 Å². The minimum absolute atomic E-state index is 0.561. The Hall–Kier alpha value is -0.740. The van der Waals surface area contributed by atoms with Crippen molar-refractivity contribution in [2.45, 2.75) is 12.6 Å². The van der Waals surface area contributed by atoms with Crippen molar-refractivity contribution < 1.29 is 0 Å². The largest absolute Gasteiger partial charge is 0.398 e. The van der Waals surface area contributed by atoms with E-state index in [4.69, 9.17) is 11.5 Å². The number of nitrogens with two attached hydrogens (primary N) is 2. The summed E-state index contributed by atoms with van der Waals surface area (Å²) in [6.45, 7) is 1.82. The Morgan fingerprint density at radius 1 is 1.78 bits per heavy atom. The predicted octanol–water partition coefficient (Wildman–Crippen LogP) is -1.09. The van der Waals surface area contributed by atoms with Crippen molar-refractivity contribution in [3.8, 4) is 0 Å². The number of rotatable bonds is 0. The summed E-state index contributed by atoms with van der Waals surface area (Å²) in [6, 6.07) is 0. The molecule has 0 amide bonds. The minimum Gasteiger partial charge on any atom is -0.398 e. The monoisotopic (exact) mass is 128 g/mol. The summed E-state index contributed by atoms with van der Waals surface area (Å²) in [5, 5.41) is 1.75. The van der Waals surface area contributed by atoms with Crippen LogP contribution in [0, 0.1) is 0 Å². The van der Waals surface area contributed by atoms with Crippen LogP contribution in [-0.4, -0.2) is 17.7 Å². The van der Waals surface area contributed by atoms with Crippen LogP contribution >= 0.6 is 0 Å². The van der Waals surface area contributed by atoms with Crippen LogP contribution in [0.3, 0.4) is 0 Å². The zero-order chi connectivity index (χ0) is 7.07. The van der Waals surface area contributed by atoms with Gasteiger partial charge >= 0.3 is 0 Å². The lowest BCUT2D eigenvalue weighted by Gasteiger charge is -2.21. The van der Waals surface area contributed by atoms with E-state index in [1.807, 2.05) is 14.0 Å². The Morgan fingerprint density at radius 3 is 2.44 bits per heavy atom. The van der Waals surface area contributed by atoms with Crippen molar-refractivity contribution in [2.24, 2.45) is 11.5 Å². The van der Waals surface area contributed by atoms with Crippen LogP contribution in [0.15, 0.2) is 11.9 Å². The average molecular weight is 128 g/mol. The van der Waals surface area contributed by atoms with Crippen LogP contribution in [0.2, 0.25) is 0 Å². The number of hydrogen-bond donors (Lipinski definition) is 3. The molecule has 0 saturated carbocycles. The Bertz CT molecular complexity index is 149. The highest BCUT2D eigenvalue weighted by atomic mass is 15.6. The van der Waals surface area contributed by atoms with Crippen molar-refractivity contribution in [2.75, 3.05) is 7.05 Å². The van der Waals surface area contributed by atoms with Crippen LogP contribution in [0.25, 0.3) is 0 Å². The van der Waals surface area contributed by atoms with Gasteiger partial charge in [0.2, 0.25) is 0 Å². The third kappa shape index (κ3) is 0.988. The normalized spacial score (nSPS) is 35.0. The summed E-state index contributed by atoms with van der Waals surface area (Å²) in [5.41, 5.74) is 14.2. The molecule has 0 aliphatic carbocycles. The zero-order valence-corrected chi connectivity index (χ0v) is 5.68. The van der Waals surface area contributed by atoms with Gasteiger partial charge in [-0.25, -0.2) is 5.43 Å². The summed E-state index contributed by atoms with van der Waals surface area (Å²) in [5.74, 6) is 0. The molecule has 52 valence electrons. The molecule has 1 aliphatic rings. The first-order chi connectivity index (χ1) is 4.02. The molecule has 0 aromatic rings. The van der Waals surface area contributed by atoms with E-state index in [1.54, 1.807) is 11.2 Å². The van der Waals surface area contributed by atoms with Gasteiger partial charge in [-0.2, -0.15) is 0 Å². The van der Waals surface area contributed by atoms with Crippen LogP contribution in [0.4, 0.5) is 0 Å². The summed E-state index contributed by atoms with van der Waals surface area (Å²) in [4.78, 5) is 0. The fourth-order valence-electron chi connectivity index (χ4n) is 0.806. The van der Waals surface area contributed by atoms with E-state index in [1.165, 1.54) is 0 Å². The highest BCUT2D eigenvalue weighted by molar-refractivity contribution is 5.15. The lowest BCUT2D eigenvalue weighted by molar-refractivity contribution is 0.267. The third-order valence-electron chi connectivity index (χ3n) is 1.34. The van der Waals surface area contributed by atoms with Gasteiger partial charge in [0.25, 0.3) is 0 Å². The molecule has 9 heavy (non-hydrogen) atoms. The Morgan fingerprint density at radius 2 is 2.33 bits per heavy atom. The van der Waals surface area contributed by atoms with E-state index in [0.29, 0.717) is 5.70 Å². The number of nitrogens with one attached hydrogen (secondary N) is 1. The van der Waals surface area contributed by atoms with Gasteiger partial charge < -0.3 is 16.5 Å². The lowest BCUT2D eigenvalue weighted by Crippen LogP contribution is -2.53. The van der Waals surface area contributed by atoms with Gasteiger partial charge in [-0.05, 0) is 6.92 Å². The lowest BCUT2D eigenvalue weighted by atomic mass is 10.2. The van der Waals surface area contributed by atoms with Crippen molar-refractivity contribution in [1.82, 2.24) is 10.4 Å². The third-order valence-corrected chi connectivity index (χ3v) is 1.34. The molecule has 0 fully saturated rings. The molecule has 1 unspecified atom stereocenters. The summed E-state index contributed by atoms with van der Waals surface area (Å²) < 4.78 is 0. The second-order valence-corrected chi connectivity index (χ2v) is 2.51. The standard InChI is InChI=1S/C5H12N4/c1-5(7)4(6)3-9(2)8-5/h3,8H,6-7H2,1-2H3. The zero-order valence-electron chi connectivity index (χ0n) is 5.68. The van der Waals surface area contributed by atoms with Gasteiger partial charge in [0, 0.05) is 13.2 Å². The van der Waals surface area contributed by atoms with Crippen LogP contribution in [0.1, 0.15) is 6.92 Å². The number of hydrazine groups is 1. The minimum atomic E-state index is -0.561. The molecule has 0 aromatic heterocycles. The maximum absolute atomic E-state index is 5.67. The van der Waals surface area contributed by atoms with Gasteiger partial charge in [-0.3, -0.25) is 0 Å². The van der Waals surface area contributed by atoms with Crippen molar-refractivity contribution in [1.29, 1.82) is 0 Å². The maximum Gasteiger partial charge on any atom is 0.123 e. The first-order valence-corrected chi connectivity index (χ1v) is 2.80. The van der Waals surface area contributed by atoms with E-state index >= 15 is 0 Å². The SMILES string of the molecule is CN1C=C(N)C(C)(N)N1. The van der Waals surface area contributed by atoms with Crippen LogP contribution in [-0.2, 0) is 0 Å². The number of hydrogen-bond acceptors (Lipinski definition) is 4. The van der Waals surface area contributed by atoms with Crippen LogP contribution in [0.5, 0.6) is 0 Å². The summed E-state index contributed by atoms with van der Waals surface area (Å²) >= 11 is 0. The number of nitrogens with zero attached hydrogens (tertiary/aromatic N) is 1. The molecule has 1 aliphatic heterocycles. The molecule has 1 rings (SSSR count). The Balaban J connectivity index is 2.76. The van der Waals surface area contributed by atoms with E-state index in [9.17, 15) is 0 Å². The van der Waals surface area contributed by atoms with Crippen molar-refractivity contribution >= 4 is 0 Å². The predicted molar refractivity (Wildman–Crippen MR) is 35.8 cm³/mol. The molecule has 4 heteroatoms. The molecule has 5 N–H and O–H groups in total. The first-order valence-electron chi connectivity index (χ1n) is 2.80. The molecule has 1 heterocycles. The van der Waals surface area contributed by atoms with Gasteiger partial charge in [0.05, 0.1) is 5.70 Å². The van der Waals surface area contributed by atoms with Gasteiger partial charge in [0.1, 0.15) is 5.66 Å². The maximum atomic E-state index is 5.67. The first kappa shape index (κ1) is 6.38. The van der Waals surface area contributed by atoms with E-state index in [-0.39, 0.29) is 0 Å². The molecular formula is C5H12N4. The Labute approximate surface area is 54.5 Å². The van der Waals surface area contributed by atoms with Crippen molar-refractivity contribution in [3.63, 3.8) is 0 Å². The van der Waals surface area contributed by atoms with E-state index in [2.05, 4.69) is 5.43 Å². The molecule has 0 bridgehead atoms. The van der Waals surface area contributed by atoms with Gasteiger partial charge in [0.15, 0.2) is 0 Å². The average Bonchev–Trinajstić information content (AvgIpc) is 1.79. The molecule has 0 aromatic carbocycles. The molecule has 1 atom stereocenters. The highest BCUT2D eigenvalue weighted by Crippen LogP contribution is 2.10. The Kier molecular flexibility index (Phi) is 1.15. The van der Waals surface area contributed by atoms with Gasteiger partial charge in [-0.15, -0.1) is 0 Å². The van der Waals surface area contributed by atoms with E-state index < -0.39 is 5.66 Å². The fraction of sp³-hybridized carbons (Fsp3) is 0.600. The molecule has 0 radical (unpaired) electrons. The molecule has 4 nitrogen and oxygen atoms in total. The molecular weight excluding hydrogens is 116 g/mol. The second-order valence-electron chi connectivity index (χ2n) is 2.51. The molecule has 0 saturated heterocycles. The van der Waals surface area contributed by atoms with Gasteiger partial charge in [-0.1, -0.05) is 0 Å². The second kappa shape index (κ2) is 1.62. The molecule has 0 spiro atoms. The quantitative estimate of drug-likeness (QED) is 0.388. The summed E-state index contributed by atoms with van der Waals surface area (Å²) in [7, 11) is 1.85. The van der Waals surface area contributed by atoms with Crippen LogP contribution < -0.4 is 16.9 Å².